The molecule has 1 unspecified atom stereocenters. The van der Waals surface area contributed by atoms with Gasteiger partial charge >= 0.3 is 0 Å². The number of nitrogens with zero attached hydrogens (tertiary/aromatic N) is 2. The Morgan fingerprint density at radius 1 is 1.47 bits per heavy atom. The van der Waals surface area contributed by atoms with Crippen LogP contribution < -0.4 is 5.32 Å². The topological polar surface area (TPSA) is 28.2 Å². The lowest BCUT2D eigenvalue weighted by Crippen LogP contribution is -2.39. The maximum Gasteiger partial charge on any atom is 0.0300 e. The van der Waals surface area contributed by atoms with E-state index in [1.807, 2.05) is 18.5 Å². The quantitative estimate of drug-likeness (QED) is 0.882. The van der Waals surface area contributed by atoms with Crippen LogP contribution in [0.4, 0.5) is 0 Å². The van der Waals surface area contributed by atoms with E-state index in [9.17, 15) is 0 Å². The van der Waals surface area contributed by atoms with Gasteiger partial charge in [0.2, 0.25) is 0 Å². The molecule has 1 aromatic rings. The van der Waals surface area contributed by atoms with Gasteiger partial charge in [0.25, 0.3) is 0 Å². The van der Waals surface area contributed by atoms with Crippen molar-refractivity contribution < 1.29 is 0 Å². The summed E-state index contributed by atoms with van der Waals surface area (Å²) in [6.45, 7) is 9.36. The minimum absolute atomic E-state index is 0.663. The molecule has 19 heavy (non-hydrogen) atoms. The second-order valence-electron chi connectivity index (χ2n) is 6.05. The first-order chi connectivity index (χ1) is 9.24. The summed E-state index contributed by atoms with van der Waals surface area (Å²) >= 11 is 0. The Bertz CT molecular complexity index is 350. The summed E-state index contributed by atoms with van der Waals surface area (Å²) in [5, 5.41) is 3.69. The molecule has 1 atom stereocenters. The molecule has 0 bridgehead atoms. The summed E-state index contributed by atoms with van der Waals surface area (Å²) in [4.78, 5) is 6.80. The predicted octanol–water partition coefficient (Wildman–Crippen LogP) is 2.33. The van der Waals surface area contributed by atoms with Crippen LogP contribution in [0.25, 0.3) is 0 Å². The molecule has 1 N–H and O–H groups in total. The molecule has 2 heterocycles. The Labute approximate surface area is 117 Å². The average Bonchev–Trinajstić information content (AvgIpc) is 2.62. The second-order valence-corrected chi connectivity index (χ2v) is 6.05. The molecule has 2 rings (SSSR count). The molecule has 0 spiro atoms. The van der Waals surface area contributed by atoms with Gasteiger partial charge in [-0.15, -0.1) is 0 Å². The van der Waals surface area contributed by atoms with Gasteiger partial charge in [0.1, 0.15) is 0 Å². The third-order valence-electron chi connectivity index (χ3n) is 3.76. The van der Waals surface area contributed by atoms with Gasteiger partial charge in [0.15, 0.2) is 0 Å². The van der Waals surface area contributed by atoms with Crippen molar-refractivity contribution >= 4 is 0 Å². The lowest BCUT2D eigenvalue weighted by atomic mass is 10.0. The fourth-order valence-electron chi connectivity index (χ4n) is 2.84. The number of aromatic nitrogens is 1. The number of hydrogen-bond donors (Lipinski definition) is 1. The normalized spacial score (nSPS) is 21.5. The molecule has 0 radical (unpaired) electrons. The van der Waals surface area contributed by atoms with Gasteiger partial charge in [0.05, 0.1) is 0 Å². The van der Waals surface area contributed by atoms with Crippen LogP contribution in [0.15, 0.2) is 24.5 Å². The molecule has 0 aromatic carbocycles. The number of hydrogen-bond acceptors (Lipinski definition) is 3. The summed E-state index contributed by atoms with van der Waals surface area (Å²) in [7, 11) is 0. The fraction of sp³-hybridized carbons (Fsp3) is 0.688. The highest BCUT2D eigenvalue weighted by molar-refractivity contribution is 5.08. The maximum absolute atomic E-state index is 4.19. The van der Waals surface area contributed by atoms with Crippen molar-refractivity contribution in [1.82, 2.24) is 15.2 Å². The summed E-state index contributed by atoms with van der Waals surface area (Å²) in [6, 6.07) is 4.87. The number of rotatable bonds is 5. The summed E-state index contributed by atoms with van der Waals surface area (Å²) in [5.41, 5.74) is 1.35. The molecule has 1 saturated heterocycles. The van der Waals surface area contributed by atoms with Gasteiger partial charge in [-0.05, 0) is 49.9 Å². The first-order valence-corrected chi connectivity index (χ1v) is 7.58. The standard InChI is InChI=1S/C16H27N3/c1-14(2)11-16-13-19(9-4-8-18-16)10-6-15-5-3-7-17-12-15/h3,5,7,12,14,16,18H,4,6,8-11,13H2,1-2H3. The average molecular weight is 261 g/mol. The van der Waals surface area contributed by atoms with Crippen molar-refractivity contribution in [2.45, 2.75) is 39.2 Å². The monoisotopic (exact) mass is 261 g/mol. The highest BCUT2D eigenvalue weighted by atomic mass is 15.2. The molecule has 0 saturated carbocycles. The Morgan fingerprint density at radius 2 is 2.37 bits per heavy atom. The third-order valence-corrected chi connectivity index (χ3v) is 3.76. The zero-order chi connectivity index (χ0) is 13.5. The van der Waals surface area contributed by atoms with E-state index in [0.717, 1.165) is 18.9 Å². The molecule has 1 aromatic heterocycles. The molecular weight excluding hydrogens is 234 g/mol. The van der Waals surface area contributed by atoms with E-state index in [1.165, 1.54) is 38.0 Å². The van der Waals surface area contributed by atoms with Gasteiger partial charge in [0, 0.05) is 31.5 Å². The molecule has 1 aliphatic heterocycles. The minimum atomic E-state index is 0.663. The SMILES string of the molecule is CC(C)CC1CN(CCc2cccnc2)CCCN1. The van der Waals surface area contributed by atoms with Crippen LogP contribution in [0.5, 0.6) is 0 Å². The zero-order valence-electron chi connectivity index (χ0n) is 12.3. The molecular formula is C16H27N3. The summed E-state index contributed by atoms with van der Waals surface area (Å²) in [5.74, 6) is 0.774. The van der Waals surface area contributed by atoms with Crippen LogP contribution in [-0.2, 0) is 6.42 Å². The Hall–Kier alpha value is -0.930. The lowest BCUT2D eigenvalue weighted by Gasteiger charge is -2.25. The van der Waals surface area contributed by atoms with E-state index in [0.29, 0.717) is 6.04 Å². The highest BCUT2D eigenvalue weighted by Crippen LogP contribution is 2.10. The van der Waals surface area contributed by atoms with E-state index in [1.54, 1.807) is 0 Å². The van der Waals surface area contributed by atoms with Crippen LogP contribution in [0.3, 0.4) is 0 Å². The van der Waals surface area contributed by atoms with Crippen molar-refractivity contribution in [1.29, 1.82) is 0 Å². The molecule has 0 aliphatic carbocycles. The van der Waals surface area contributed by atoms with Gasteiger partial charge in [-0.2, -0.15) is 0 Å². The lowest BCUT2D eigenvalue weighted by molar-refractivity contribution is 0.258. The minimum Gasteiger partial charge on any atom is -0.313 e. The maximum atomic E-state index is 4.19. The van der Waals surface area contributed by atoms with Gasteiger partial charge < -0.3 is 10.2 Å². The smallest absolute Gasteiger partial charge is 0.0300 e. The van der Waals surface area contributed by atoms with Crippen LogP contribution in [0.2, 0.25) is 0 Å². The van der Waals surface area contributed by atoms with Crippen LogP contribution in [-0.4, -0.2) is 42.1 Å². The third kappa shape index (κ3) is 5.29. The molecule has 1 fully saturated rings. The number of nitrogens with one attached hydrogen (secondary N) is 1. The van der Waals surface area contributed by atoms with Gasteiger partial charge in [-0.3, -0.25) is 4.98 Å². The molecule has 3 heteroatoms. The van der Waals surface area contributed by atoms with E-state index in [2.05, 4.69) is 35.1 Å². The van der Waals surface area contributed by atoms with E-state index in [4.69, 9.17) is 0 Å². The summed E-state index contributed by atoms with van der Waals surface area (Å²) < 4.78 is 0. The summed E-state index contributed by atoms with van der Waals surface area (Å²) in [6.07, 6.45) is 7.49. The van der Waals surface area contributed by atoms with Crippen LogP contribution in [0, 0.1) is 5.92 Å². The van der Waals surface area contributed by atoms with Gasteiger partial charge in [-0.25, -0.2) is 0 Å². The van der Waals surface area contributed by atoms with Crippen molar-refractivity contribution in [3.63, 3.8) is 0 Å². The van der Waals surface area contributed by atoms with Crippen LogP contribution >= 0.6 is 0 Å². The van der Waals surface area contributed by atoms with E-state index in [-0.39, 0.29) is 0 Å². The zero-order valence-corrected chi connectivity index (χ0v) is 12.3. The van der Waals surface area contributed by atoms with Crippen molar-refractivity contribution in [2.75, 3.05) is 26.2 Å². The largest absolute Gasteiger partial charge is 0.313 e. The first kappa shape index (κ1) is 14.5. The van der Waals surface area contributed by atoms with E-state index >= 15 is 0 Å². The highest BCUT2D eigenvalue weighted by Gasteiger charge is 2.18. The second kappa shape index (κ2) is 7.61. The van der Waals surface area contributed by atoms with E-state index < -0.39 is 0 Å². The molecule has 1 aliphatic rings. The first-order valence-electron chi connectivity index (χ1n) is 7.58. The predicted molar refractivity (Wildman–Crippen MR) is 80.2 cm³/mol. The number of pyridine rings is 1. The Morgan fingerprint density at radius 3 is 3.11 bits per heavy atom. The molecule has 0 amide bonds. The Kier molecular flexibility index (Phi) is 5.80. The van der Waals surface area contributed by atoms with Crippen LogP contribution in [0.1, 0.15) is 32.3 Å². The van der Waals surface area contributed by atoms with Crippen molar-refractivity contribution in [3.05, 3.63) is 30.1 Å². The van der Waals surface area contributed by atoms with Gasteiger partial charge in [-0.1, -0.05) is 19.9 Å². The molecule has 106 valence electrons. The molecule has 3 nitrogen and oxygen atoms in total. The van der Waals surface area contributed by atoms with Crippen molar-refractivity contribution in [3.8, 4) is 0 Å². The Balaban J connectivity index is 1.81. The fourth-order valence-corrected chi connectivity index (χ4v) is 2.84. The van der Waals surface area contributed by atoms with Crippen molar-refractivity contribution in [2.24, 2.45) is 5.92 Å².